The summed E-state index contributed by atoms with van der Waals surface area (Å²) < 4.78 is 15.2. The molecular formula is C20H25FN4O2. The Morgan fingerprint density at radius 2 is 1.89 bits per heavy atom. The van der Waals surface area contributed by atoms with Gasteiger partial charge in [0.2, 0.25) is 5.91 Å². The van der Waals surface area contributed by atoms with E-state index in [1.54, 1.807) is 23.0 Å². The molecule has 6 nitrogen and oxygen atoms in total. The van der Waals surface area contributed by atoms with Gasteiger partial charge in [0, 0.05) is 12.1 Å². The highest BCUT2D eigenvalue weighted by Gasteiger charge is 2.35. The fourth-order valence-electron chi connectivity index (χ4n) is 4.15. The van der Waals surface area contributed by atoms with Gasteiger partial charge in [-0.05, 0) is 43.6 Å². The first-order valence-electron chi connectivity index (χ1n) is 9.60. The van der Waals surface area contributed by atoms with E-state index in [4.69, 9.17) is 0 Å². The van der Waals surface area contributed by atoms with Gasteiger partial charge in [-0.25, -0.2) is 4.39 Å². The van der Waals surface area contributed by atoms with Gasteiger partial charge in [-0.1, -0.05) is 18.6 Å². The topological polar surface area (TPSA) is 61.6 Å². The number of aliphatic hydroxyl groups excluding tert-OH is 1. The molecule has 0 saturated carbocycles. The van der Waals surface area contributed by atoms with E-state index in [2.05, 4.69) is 10.00 Å². The summed E-state index contributed by atoms with van der Waals surface area (Å²) >= 11 is 0. The Balaban J connectivity index is 1.58. The Hall–Kier alpha value is -2.25. The number of aromatic nitrogens is 2. The van der Waals surface area contributed by atoms with Crippen LogP contribution in [0, 0.1) is 5.82 Å². The Morgan fingerprint density at radius 3 is 2.59 bits per heavy atom. The fourth-order valence-corrected chi connectivity index (χ4v) is 4.15. The standard InChI is InChI=1S/C20H25FN4O2/c21-17-6-4-15(5-7-17)19(23-8-2-1-3-9-23)20(27)24-13-16-12-22-25(10-11-26)18(16)14-24/h4-7,12,19,26H,1-3,8-11,13-14H2. The van der Waals surface area contributed by atoms with Crippen LogP contribution in [-0.4, -0.2) is 50.3 Å². The third-order valence-corrected chi connectivity index (χ3v) is 5.54. The number of rotatable bonds is 5. The number of piperidine rings is 1. The summed E-state index contributed by atoms with van der Waals surface area (Å²) in [5.74, 6) is -0.239. The normalized spacial score (nSPS) is 18.5. The first kappa shape index (κ1) is 18.1. The second-order valence-electron chi connectivity index (χ2n) is 7.31. The van der Waals surface area contributed by atoms with E-state index in [0.29, 0.717) is 19.6 Å². The second-order valence-corrected chi connectivity index (χ2v) is 7.31. The van der Waals surface area contributed by atoms with Crippen LogP contribution in [0.4, 0.5) is 4.39 Å². The van der Waals surface area contributed by atoms with Crippen LogP contribution in [-0.2, 0) is 24.4 Å². The first-order valence-corrected chi connectivity index (χ1v) is 9.60. The Labute approximate surface area is 158 Å². The van der Waals surface area contributed by atoms with Crippen LogP contribution in [0.25, 0.3) is 0 Å². The number of fused-ring (bicyclic) bond motifs is 1. The van der Waals surface area contributed by atoms with E-state index in [9.17, 15) is 14.3 Å². The quantitative estimate of drug-likeness (QED) is 0.873. The lowest BCUT2D eigenvalue weighted by atomic mass is 10.0. The Morgan fingerprint density at radius 1 is 1.15 bits per heavy atom. The van der Waals surface area contributed by atoms with E-state index in [-0.39, 0.29) is 24.4 Å². The average molecular weight is 372 g/mol. The second kappa shape index (κ2) is 7.78. The lowest BCUT2D eigenvalue weighted by Crippen LogP contribution is -2.43. The van der Waals surface area contributed by atoms with Gasteiger partial charge < -0.3 is 10.0 Å². The number of hydrogen-bond acceptors (Lipinski definition) is 4. The van der Waals surface area contributed by atoms with Crippen molar-refractivity contribution in [3.8, 4) is 0 Å². The van der Waals surface area contributed by atoms with Crippen molar-refractivity contribution in [2.24, 2.45) is 0 Å². The van der Waals surface area contributed by atoms with Gasteiger partial charge in [0.05, 0.1) is 31.6 Å². The van der Waals surface area contributed by atoms with Crippen molar-refractivity contribution in [2.75, 3.05) is 19.7 Å². The number of likely N-dealkylation sites (tertiary alicyclic amines) is 1. The zero-order valence-electron chi connectivity index (χ0n) is 15.4. The lowest BCUT2D eigenvalue weighted by molar-refractivity contribution is -0.138. The fraction of sp³-hybridized carbons (Fsp3) is 0.500. The van der Waals surface area contributed by atoms with E-state index >= 15 is 0 Å². The van der Waals surface area contributed by atoms with E-state index in [1.165, 1.54) is 18.6 Å². The number of amides is 1. The number of halogens is 1. The average Bonchev–Trinajstić information content (AvgIpc) is 3.27. The molecule has 4 rings (SSSR count). The minimum Gasteiger partial charge on any atom is -0.394 e. The molecule has 27 heavy (non-hydrogen) atoms. The highest BCUT2D eigenvalue weighted by Crippen LogP contribution is 2.31. The molecule has 1 amide bonds. The maximum atomic E-state index is 13.5. The Kier molecular flexibility index (Phi) is 5.22. The summed E-state index contributed by atoms with van der Waals surface area (Å²) in [5, 5.41) is 13.5. The van der Waals surface area contributed by atoms with Crippen LogP contribution in [0.15, 0.2) is 30.5 Å². The van der Waals surface area contributed by atoms with Crippen molar-refractivity contribution in [1.82, 2.24) is 19.6 Å². The van der Waals surface area contributed by atoms with E-state index < -0.39 is 0 Å². The molecule has 7 heteroatoms. The number of carbonyl (C=O) groups excluding carboxylic acids is 1. The third-order valence-electron chi connectivity index (χ3n) is 5.54. The predicted molar refractivity (Wildman–Crippen MR) is 98.1 cm³/mol. The molecule has 2 aliphatic rings. The maximum absolute atomic E-state index is 13.5. The molecule has 1 N–H and O–H groups in total. The predicted octanol–water partition coefficient (Wildman–Crippen LogP) is 2.08. The summed E-state index contributed by atoms with van der Waals surface area (Å²) in [6.07, 6.45) is 5.13. The molecule has 2 aliphatic heterocycles. The van der Waals surface area contributed by atoms with Gasteiger partial charge in [-0.15, -0.1) is 0 Å². The lowest BCUT2D eigenvalue weighted by Gasteiger charge is -2.36. The van der Waals surface area contributed by atoms with Gasteiger partial charge in [0.25, 0.3) is 0 Å². The number of benzene rings is 1. The molecule has 0 bridgehead atoms. The largest absolute Gasteiger partial charge is 0.394 e. The molecule has 1 aromatic heterocycles. The van der Waals surface area contributed by atoms with Gasteiger partial charge in [0.1, 0.15) is 11.9 Å². The molecular weight excluding hydrogens is 347 g/mol. The zero-order chi connectivity index (χ0) is 18.8. The molecule has 144 valence electrons. The van der Waals surface area contributed by atoms with Crippen LogP contribution in [0.5, 0.6) is 0 Å². The summed E-state index contributed by atoms with van der Waals surface area (Å²) in [6, 6.07) is 5.93. The monoisotopic (exact) mass is 372 g/mol. The van der Waals surface area contributed by atoms with Crippen molar-refractivity contribution in [2.45, 2.75) is 44.9 Å². The van der Waals surface area contributed by atoms with Crippen molar-refractivity contribution < 1.29 is 14.3 Å². The Bertz CT molecular complexity index is 799. The first-order chi connectivity index (χ1) is 13.2. The highest BCUT2D eigenvalue weighted by molar-refractivity contribution is 5.84. The number of nitrogens with zero attached hydrogens (tertiary/aromatic N) is 4. The third kappa shape index (κ3) is 3.61. The van der Waals surface area contributed by atoms with E-state index in [1.807, 2.05) is 4.90 Å². The number of carbonyl (C=O) groups is 1. The van der Waals surface area contributed by atoms with Crippen LogP contribution < -0.4 is 0 Å². The minimum atomic E-state index is -0.380. The summed E-state index contributed by atoms with van der Waals surface area (Å²) in [4.78, 5) is 17.6. The molecule has 1 aromatic carbocycles. The number of hydrogen-bond donors (Lipinski definition) is 1. The minimum absolute atomic E-state index is 0.0219. The molecule has 1 fully saturated rings. The molecule has 2 aromatic rings. The maximum Gasteiger partial charge on any atom is 0.245 e. The van der Waals surface area contributed by atoms with Crippen molar-refractivity contribution >= 4 is 5.91 Å². The SMILES string of the molecule is O=C(C(c1ccc(F)cc1)N1CCCCC1)N1Cc2cnn(CCO)c2C1. The van der Waals surface area contributed by atoms with E-state index in [0.717, 1.165) is 42.8 Å². The number of aliphatic hydroxyl groups is 1. The van der Waals surface area contributed by atoms with Gasteiger partial charge in [-0.2, -0.15) is 5.10 Å². The molecule has 3 heterocycles. The van der Waals surface area contributed by atoms with Gasteiger partial charge in [0.15, 0.2) is 0 Å². The molecule has 0 radical (unpaired) electrons. The van der Waals surface area contributed by atoms with Crippen LogP contribution >= 0.6 is 0 Å². The molecule has 1 atom stereocenters. The zero-order valence-corrected chi connectivity index (χ0v) is 15.4. The van der Waals surface area contributed by atoms with Crippen molar-refractivity contribution in [3.05, 3.63) is 53.1 Å². The van der Waals surface area contributed by atoms with Gasteiger partial charge in [-0.3, -0.25) is 14.4 Å². The highest BCUT2D eigenvalue weighted by atomic mass is 19.1. The molecule has 1 saturated heterocycles. The summed E-state index contributed by atoms with van der Waals surface area (Å²) in [5.41, 5.74) is 2.87. The molecule has 0 aliphatic carbocycles. The van der Waals surface area contributed by atoms with Crippen molar-refractivity contribution in [1.29, 1.82) is 0 Å². The van der Waals surface area contributed by atoms with Crippen LogP contribution in [0.3, 0.4) is 0 Å². The van der Waals surface area contributed by atoms with Crippen LogP contribution in [0.2, 0.25) is 0 Å². The van der Waals surface area contributed by atoms with Gasteiger partial charge >= 0.3 is 0 Å². The summed E-state index contributed by atoms with van der Waals surface area (Å²) in [7, 11) is 0. The molecule has 1 unspecified atom stereocenters. The van der Waals surface area contributed by atoms with Crippen LogP contribution in [0.1, 0.15) is 42.1 Å². The molecule has 0 spiro atoms. The smallest absolute Gasteiger partial charge is 0.245 e. The summed E-state index contributed by atoms with van der Waals surface area (Å²) in [6.45, 7) is 3.25. The van der Waals surface area contributed by atoms with Crippen molar-refractivity contribution in [3.63, 3.8) is 0 Å².